The van der Waals surface area contributed by atoms with E-state index in [0.717, 1.165) is 30.0 Å². The third-order valence-electron chi connectivity index (χ3n) is 3.22. The molecule has 0 unspecified atom stereocenters. The number of halogens is 3. The van der Waals surface area contributed by atoms with E-state index >= 15 is 0 Å². The molecule has 0 aliphatic carbocycles. The summed E-state index contributed by atoms with van der Waals surface area (Å²) >= 11 is 1.02. The summed E-state index contributed by atoms with van der Waals surface area (Å²) in [5, 5.41) is 12.6. The smallest absolute Gasteiger partial charge is 0.416 e. The summed E-state index contributed by atoms with van der Waals surface area (Å²) in [6.45, 7) is 0. The van der Waals surface area contributed by atoms with Crippen LogP contribution < -0.4 is 10.6 Å². The highest BCUT2D eigenvalue weighted by Crippen LogP contribution is 2.30. The van der Waals surface area contributed by atoms with Gasteiger partial charge in [0.25, 0.3) is 0 Å². The number of thioether (sulfide) groups is 1. The maximum atomic E-state index is 12.6. The summed E-state index contributed by atoms with van der Waals surface area (Å²) in [6, 6.07) is 3.14. The van der Waals surface area contributed by atoms with Gasteiger partial charge >= 0.3 is 12.1 Å². The number of rotatable bonds is 4. The number of carbonyl (C=O) groups excluding carboxylic acids is 2. The van der Waals surface area contributed by atoms with Crippen LogP contribution in [0.2, 0.25) is 0 Å². The third-order valence-corrected chi connectivity index (χ3v) is 4.52. The number of hydrogen-bond donors (Lipinski definition) is 3. The van der Waals surface area contributed by atoms with E-state index in [4.69, 9.17) is 5.11 Å². The van der Waals surface area contributed by atoms with Gasteiger partial charge in [0, 0.05) is 17.9 Å². The van der Waals surface area contributed by atoms with Crippen LogP contribution in [0.5, 0.6) is 0 Å². The molecule has 1 aromatic rings. The number of alkyl halides is 3. The molecule has 10 heteroatoms. The van der Waals surface area contributed by atoms with E-state index in [2.05, 4.69) is 10.6 Å². The van der Waals surface area contributed by atoms with Gasteiger partial charge < -0.3 is 15.7 Å². The van der Waals surface area contributed by atoms with Crippen molar-refractivity contribution in [3.8, 4) is 0 Å². The van der Waals surface area contributed by atoms with Crippen molar-refractivity contribution in [3.05, 3.63) is 29.8 Å². The van der Waals surface area contributed by atoms with Crippen molar-refractivity contribution in [1.29, 1.82) is 0 Å². The molecule has 1 aromatic carbocycles. The number of carbonyl (C=O) groups is 3. The van der Waals surface area contributed by atoms with Gasteiger partial charge in [-0.05, 0) is 18.2 Å². The highest BCUT2D eigenvalue weighted by molar-refractivity contribution is 8.00. The second-order valence-electron chi connectivity index (χ2n) is 5.05. The van der Waals surface area contributed by atoms with Crippen molar-refractivity contribution in [2.75, 3.05) is 11.1 Å². The van der Waals surface area contributed by atoms with Crippen molar-refractivity contribution in [3.63, 3.8) is 0 Å². The molecule has 1 saturated heterocycles. The van der Waals surface area contributed by atoms with E-state index in [1.807, 2.05) is 0 Å². The fourth-order valence-corrected chi connectivity index (χ4v) is 3.17. The maximum Gasteiger partial charge on any atom is 0.416 e. The Bertz CT molecular complexity index is 666. The normalized spacial score (nSPS) is 21.0. The molecule has 0 spiro atoms. The van der Waals surface area contributed by atoms with Gasteiger partial charge in [-0.3, -0.25) is 9.59 Å². The molecule has 0 aromatic heterocycles. The van der Waals surface area contributed by atoms with Gasteiger partial charge in [-0.15, -0.1) is 11.8 Å². The zero-order valence-corrected chi connectivity index (χ0v) is 12.9. The highest BCUT2D eigenvalue weighted by atomic mass is 32.2. The molecule has 24 heavy (non-hydrogen) atoms. The van der Waals surface area contributed by atoms with E-state index in [-0.39, 0.29) is 17.9 Å². The first-order valence-corrected chi connectivity index (χ1v) is 7.83. The largest absolute Gasteiger partial charge is 0.480 e. The SMILES string of the molecule is O=C(C[C@@H]1SC[C@H](C(=O)O)NC1=O)Nc1cccc(C(F)(F)F)c1. The minimum absolute atomic E-state index is 0.0283. The van der Waals surface area contributed by atoms with Gasteiger partial charge in [-0.25, -0.2) is 4.79 Å². The first-order chi connectivity index (χ1) is 11.2. The number of hydrogen-bond acceptors (Lipinski definition) is 4. The standard InChI is InChI=1S/C14H13F3N2O4S/c15-14(16,17)7-2-1-3-8(4-7)18-11(20)5-10-12(21)19-9(6-24-10)13(22)23/h1-4,9-10H,5-6H2,(H,18,20)(H,19,21)(H,22,23)/t9-,10+/m1/s1. The van der Waals surface area contributed by atoms with Crippen LogP contribution >= 0.6 is 11.8 Å². The molecule has 3 N–H and O–H groups in total. The van der Waals surface area contributed by atoms with E-state index in [1.54, 1.807) is 0 Å². The maximum absolute atomic E-state index is 12.6. The van der Waals surface area contributed by atoms with Crippen LogP contribution in [0.25, 0.3) is 0 Å². The van der Waals surface area contributed by atoms with Gasteiger partial charge in [0.15, 0.2) is 0 Å². The number of carboxylic acids is 1. The van der Waals surface area contributed by atoms with Gasteiger partial charge in [0.05, 0.1) is 10.8 Å². The first kappa shape index (κ1) is 18.1. The van der Waals surface area contributed by atoms with E-state index in [9.17, 15) is 27.6 Å². The molecule has 2 atom stereocenters. The number of amides is 2. The topological polar surface area (TPSA) is 95.5 Å². The van der Waals surface area contributed by atoms with E-state index in [0.29, 0.717) is 0 Å². The lowest BCUT2D eigenvalue weighted by Crippen LogP contribution is -2.51. The van der Waals surface area contributed by atoms with E-state index < -0.39 is 40.8 Å². The molecule has 1 fully saturated rings. The average molecular weight is 362 g/mol. The predicted molar refractivity (Wildman–Crippen MR) is 80.5 cm³/mol. The zero-order chi connectivity index (χ0) is 17.9. The third kappa shape index (κ3) is 4.63. The molecule has 2 amide bonds. The second kappa shape index (κ2) is 7.12. The van der Waals surface area contributed by atoms with Crippen molar-refractivity contribution >= 4 is 35.2 Å². The zero-order valence-electron chi connectivity index (χ0n) is 12.1. The summed E-state index contributed by atoms with van der Waals surface area (Å²) < 4.78 is 37.8. The minimum Gasteiger partial charge on any atom is -0.480 e. The number of aliphatic carboxylic acids is 1. The Morgan fingerprint density at radius 1 is 1.38 bits per heavy atom. The predicted octanol–water partition coefficient (Wildman–Crippen LogP) is 1.72. The molecule has 1 aliphatic rings. The Balaban J connectivity index is 1.95. The molecule has 0 saturated carbocycles. The molecule has 130 valence electrons. The summed E-state index contributed by atoms with van der Waals surface area (Å²) in [4.78, 5) is 34.4. The Kier molecular flexibility index (Phi) is 5.37. The van der Waals surface area contributed by atoms with Crippen LogP contribution in [0.3, 0.4) is 0 Å². The van der Waals surface area contributed by atoms with Gasteiger partial charge in [0.2, 0.25) is 11.8 Å². The Labute approximate surface area is 138 Å². The molecule has 2 rings (SSSR count). The Hall–Kier alpha value is -2.23. The molecular formula is C14H13F3N2O4S. The molecule has 1 aliphatic heterocycles. The van der Waals surface area contributed by atoms with Crippen molar-refractivity contribution in [1.82, 2.24) is 5.32 Å². The van der Waals surface area contributed by atoms with Gasteiger partial charge in [0.1, 0.15) is 6.04 Å². The molecule has 1 heterocycles. The fraction of sp³-hybridized carbons (Fsp3) is 0.357. The number of benzene rings is 1. The van der Waals surface area contributed by atoms with Crippen molar-refractivity contribution in [2.24, 2.45) is 0 Å². The molecule has 0 bridgehead atoms. The first-order valence-electron chi connectivity index (χ1n) is 6.78. The average Bonchev–Trinajstić information content (AvgIpc) is 2.48. The van der Waals surface area contributed by atoms with Crippen molar-refractivity contribution < 1.29 is 32.7 Å². The summed E-state index contributed by atoms with van der Waals surface area (Å²) in [5.41, 5.74) is -0.922. The quantitative estimate of drug-likeness (QED) is 0.758. The van der Waals surface area contributed by atoms with Crippen LogP contribution in [-0.2, 0) is 20.6 Å². The van der Waals surface area contributed by atoms with Crippen LogP contribution in [0, 0.1) is 0 Å². The lowest BCUT2D eigenvalue weighted by Gasteiger charge is -2.25. The van der Waals surface area contributed by atoms with Gasteiger partial charge in [-0.1, -0.05) is 6.07 Å². The number of nitrogens with one attached hydrogen (secondary N) is 2. The van der Waals surface area contributed by atoms with E-state index in [1.165, 1.54) is 6.07 Å². The summed E-state index contributed by atoms with van der Waals surface area (Å²) in [5.74, 6) is -2.26. The van der Waals surface area contributed by atoms with Crippen LogP contribution in [0.15, 0.2) is 24.3 Å². The second-order valence-corrected chi connectivity index (χ2v) is 6.29. The lowest BCUT2D eigenvalue weighted by molar-refractivity contribution is -0.141. The molecule has 6 nitrogen and oxygen atoms in total. The van der Waals surface area contributed by atoms with Crippen LogP contribution in [0.1, 0.15) is 12.0 Å². The lowest BCUT2D eigenvalue weighted by atomic mass is 10.2. The highest BCUT2D eigenvalue weighted by Gasteiger charge is 2.34. The van der Waals surface area contributed by atoms with Crippen LogP contribution in [-0.4, -0.2) is 39.9 Å². The van der Waals surface area contributed by atoms with Crippen molar-refractivity contribution in [2.45, 2.75) is 23.9 Å². The minimum atomic E-state index is -4.52. The number of carboxylic acid groups (broad SMARTS) is 1. The summed E-state index contributed by atoms with van der Waals surface area (Å²) in [7, 11) is 0. The van der Waals surface area contributed by atoms with Crippen LogP contribution in [0.4, 0.5) is 18.9 Å². The Morgan fingerprint density at radius 3 is 2.67 bits per heavy atom. The summed E-state index contributed by atoms with van der Waals surface area (Å²) in [6.07, 6.45) is -4.79. The van der Waals surface area contributed by atoms with Gasteiger partial charge in [-0.2, -0.15) is 13.2 Å². The number of anilines is 1. The fourth-order valence-electron chi connectivity index (χ4n) is 2.03. The molecule has 0 radical (unpaired) electrons. The Morgan fingerprint density at radius 2 is 2.08 bits per heavy atom. The molecular weight excluding hydrogens is 349 g/mol. The monoisotopic (exact) mass is 362 g/mol.